The maximum absolute atomic E-state index is 5.86. The third-order valence-electron chi connectivity index (χ3n) is 2.89. The van der Waals surface area contributed by atoms with Crippen LogP contribution < -0.4 is 0 Å². The van der Waals surface area contributed by atoms with Crippen LogP contribution in [-0.2, 0) is 10.2 Å². The van der Waals surface area contributed by atoms with E-state index in [1.54, 1.807) is 0 Å². The van der Waals surface area contributed by atoms with Crippen molar-refractivity contribution in [3.05, 3.63) is 34.9 Å². The molecule has 0 unspecified atom stereocenters. The largest absolute Gasteiger partial charge is 0.381 e. The molecule has 2 heteroatoms. The van der Waals surface area contributed by atoms with Gasteiger partial charge in [-0.25, -0.2) is 0 Å². The van der Waals surface area contributed by atoms with Crippen LogP contribution in [-0.4, -0.2) is 13.2 Å². The molecule has 0 N–H and O–H groups in total. The molecule has 0 saturated heterocycles. The van der Waals surface area contributed by atoms with Crippen molar-refractivity contribution in [3.63, 3.8) is 0 Å². The molecule has 1 saturated carbocycles. The summed E-state index contributed by atoms with van der Waals surface area (Å²) in [5, 5.41) is 0.806. The fourth-order valence-electron chi connectivity index (χ4n) is 1.77. The van der Waals surface area contributed by atoms with Crippen molar-refractivity contribution in [2.24, 2.45) is 0 Å². The first-order valence-corrected chi connectivity index (χ1v) is 5.48. The summed E-state index contributed by atoms with van der Waals surface area (Å²) in [5.41, 5.74) is 1.68. The summed E-state index contributed by atoms with van der Waals surface area (Å²) in [5.74, 6) is 0. The van der Waals surface area contributed by atoms with Gasteiger partial charge in [0.25, 0.3) is 0 Å². The molecule has 0 atom stereocenters. The Bertz CT molecular complexity index is 301. The van der Waals surface area contributed by atoms with Gasteiger partial charge >= 0.3 is 0 Å². The molecule has 2 rings (SSSR count). The highest BCUT2D eigenvalue weighted by atomic mass is 35.5. The molecule has 0 radical (unpaired) electrons. The maximum atomic E-state index is 5.86. The predicted octanol–water partition coefficient (Wildman–Crippen LogP) is 3.41. The molecule has 1 fully saturated rings. The van der Waals surface area contributed by atoms with E-state index in [4.69, 9.17) is 16.3 Å². The Morgan fingerprint density at radius 1 is 1.29 bits per heavy atom. The van der Waals surface area contributed by atoms with Crippen molar-refractivity contribution in [1.29, 1.82) is 0 Å². The summed E-state index contributed by atoms with van der Waals surface area (Å²) in [7, 11) is 0. The lowest BCUT2D eigenvalue weighted by molar-refractivity contribution is 0.125. The van der Waals surface area contributed by atoms with Gasteiger partial charge in [0, 0.05) is 17.0 Å². The molecule has 1 aromatic carbocycles. The van der Waals surface area contributed by atoms with Gasteiger partial charge in [0.05, 0.1) is 6.61 Å². The number of benzene rings is 1. The van der Waals surface area contributed by atoms with Crippen LogP contribution in [0.25, 0.3) is 0 Å². The standard InChI is InChI=1S/C12H15ClO/c1-2-14-9-12(7-8-12)10-3-5-11(13)6-4-10/h3-6H,2,7-9H2,1H3. The first-order chi connectivity index (χ1) is 6.77. The summed E-state index contributed by atoms with van der Waals surface area (Å²) in [6.45, 7) is 3.69. The monoisotopic (exact) mass is 210 g/mol. The van der Waals surface area contributed by atoms with Gasteiger partial charge in [0.1, 0.15) is 0 Å². The minimum absolute atomic E-state index is 0.306. The van der Waals surface area contributed by atoms with Crippen molar-refractivity contribution in [2.75, 3.05) is 13.2 Å². The Labute approximate surface area is 90.0 Å². The SMILES string of the molecule is CCOCC1(c2ccc(Cl)cc2)CC1. The average molecular weight is 211 g/mol. The number of rotatable bonds is 4. The Balaban J connectivity index is 2.10. The summed E-state index contributed by atoms with van der Waals surface area (Å²) < 4.78 is 5.51. The van der Waals surface area contributed by atoms with E-state index in [-0.39, 0.29) is 0 Å². The van der Waals surface area contributed by atoms with Gasteiger partial charge in [-0.2, -0.15) is 0 Å². The van der Waals surface area contributed by atoms with Gasteiger partial charge < -0.3 is 4.74 Å². The van der Waals surface area contributed by atoms with E-state index in [0.29, 0.717) is 5.41 Å². The quantitative estimate of drug-likeness (QED) is 0.740. The van der Waals surface area contributed by atoms with Gasteiger partial charge in [-0.05, 0) is 37.5 Å². The Morgan fingerprint density at radius 2 is 1.93 bits per heavy atom. The van der Waals surface area contributed by atoms with Crippen molar-refractivity contribution in [3.8, 4) is 0 Å². The summed E-state index contributed by atoms with van der Waals surface area (Å²) in [6, 6.07) is 8.16. The fraction of sp³-hybridized carbons (Fsp3) is 0.500. The zero-order valence-electron chi connectivity index (χ0n) is 8.42. The topological polar surface area (TPSA) is 9.23 Å². The second kappa shape index (κ2) is 3.92. The second-order valence-corrected chi connectivity index (χ2v) is 4.36. The third kappa shape index (κ3) is 1.94. The zero-order valence-corrected chi connectivity index (χ0v) is 9.18. The maximum Gasteiger partial charge on any atom is 0.0562 e. The van der Waals surface area contributed by atoms with Crippen molar-refractivity contribution >= 4 is 11.6 Å². The highest BCUT2D eigenvalue weighted by molar-refractivity contribution is 6.30. The molecule has 0 aliphatic heterocycles. The lowest BCUT2D eigenvalue weighted by Gasteiger charge is -2.15. The lowest BCUT2D eigenvalue weighted by Crippen LogP contribution is -2.15. The molecule has 0 aromatic heterocycles. The van der Waals surface area contributed by atoms with Gasteiger partial charge in [-0.3, -0.25) is 0 Å². The number of hydrogen-bond acceptors (Lipinski definition) is 1. The van der Waals surface area contributed by atoms with E-state index < -0.39 is 0 Å². The van der Waals surface area contributed by atoms with E-state index in [1.165, 1.54) is 18.4 Å². The fourth-order valence-corrected chi connectivity index (χ4v) is 1.89. The lowest BCUT2D eigenvalue weighted by atomic mass is 9.97. The van der Waals surface area contributed by atoms with Gasteiger partial charge in [0.15, 0.2) is 0 Å². The second-order valence-electron chi connectivity index (χ2n) is 3.92. The van der Waals surface area contributed by atoms with Crippen LogP contribution in [0.5, 0.6) is 0 Å². The molecule has 1 aromatic rings. The Kier molecular flexibility index (Phi) is 2.80. The number of halogens is 1. The molecule has 76 valence electrons. The summed E-state index contributed by atoms with van der Waals surface area (Å²) in [4.78, 5) is 0. The van der Waals surface area contributed by atoms with Crippen LogP contribution in [0.2, 0.25) is 5.02 Å². The molecule has 0 bridgehead atoms. The molecular weight excluding hydrogens is 196 g/mol. The molecule has 14 heavy (non-hydrogen) atoms. The minimum Gasteiger partial charge on any atom is -0.381 e. The van der Waals surface area contributed by atoms with E-state index in [9.17, 15) is 0 Å². The first-order valence-electron chi connectivity index (χ1n) is 5.11. The normalized spacial score (nSPS) is 18.1. The molecule has 1 nitrogen and oxygen atoms in total. The van der Waals surface area contributed by atoms with Gasteiger partial charge in [-0.15, -0.1) is 0 Å². The van der Waals surface area contributed by atoms with E-state index in [0.717, 1.165) is 18.2 Å². The van der Waals surface area contributed by atoms with E-state index in [1.807, 2.05) is 19.1 Å². The number of ether oxygens (including phenoxy) is 1. The Morgan fingerprint density at radius 3 is 2.43 bits per heavy atom. The molecule has 0 heterocycles. The van der Waals surface area contributed by atoms with Crippen molar-refractivity contribution < 1.29 is 4.74 Å². The highest BCUT2D eigenvalue weighted by Crippen LogP contribution is 2.48. The van der Waals surface area contributed by atoms with Gasteiger partial charge in [-0.1, -0.05) is 23.7 Å². The zero-order chi connectivity index (χ0) is 10.0. The van der Waals surface area contributed by atoms with Crippen LogP contribution >= 0.6 is 11.6 Å². The van der Waals surface area contributed by atoms with E-state index >= 15 is 0 Å². The molecule has 1 aliphatic carbocycles. The van der Waals surface area contributed by atoms with E-state index in [2.05, 4.69) is 12.1 Å². The molecule has 0 amide bonds. The molecular formula is C12H15ClO. The first kappa shape index (κ1) is 10.0. The van der Waals surface area contributed by atoms with Gasteiger partial charge in [0.2, 0.25) is 0 Å². The van der Waals surface area contributed by atoms with Crippen LogP contribution in [0.3, 0.4) is 0 Å². The number of hydrogen-bond donors (Lipinski definition) is 0. The minimum atomic E-state index is 0.306. The Hall–Kier alpha value is -0.530. The summed E-state index contributed by atoms with van der Waals surface area (Å²) in [6.07, 6.45) is 2.49. The molecule has 0 spiro atoms. The van der Waals surface area contributed by atoms with Crippen molar-refractivity contribution in [2.45, 2.75) is 25.2 Å². The van der Waals surface area contributed by atoms with Crippen LogP contribution in [0.15, 0.2) is 24.3 Å². The van der Waals surface area contributed by atoms with Crippen LogP contribution in [0.1, 0.15) is 25.3 Å². The average Bonchev–Trinajstić information content (AvgIpc) is 2.97. The molecule has 1 aliphatic rings. The smallest absolute Gasteiger partial charge is 0.0562 e. The highest BCUT2D eigenvalue weighted by Gasteiger charge is 2.44. The summed E-state index contributed by atoms with van der Waals surface area (Å²) >= 11 is 5.86. The predicted molar refractivity (Wildman–Crippen MR) is 58.9 cm³/mol. The van der Waals surface area contributed by atoms with Crippen LogP contribution in [0.4, 0.5) is 0 Å². The van der Waals surface area contributed by atoms with Crippen molar-refractivity contribution in [1.82, 2.24) is 0 Å². The van der Waals surface area contributed by atoms with Crippen LogP contribution in [0, 0.1) is 0 Å². The third-order valence-corrected chi connectivity index (χ3v) is 3.14.